The van der Waals surface area contributed by atoms with Crippen LogP contribution >= 0.6 is 0 Å². The molecule has 6 nitrogen and oxygen atoms in total. The number of aliphatic hydroxyl groups is 1. The lowest BCUT2D eigenvalue weighted by molar-refractivity contribution is 0.0569. The van der Waals surface area contributed by atoms with Crippen LogP contribution in [0.5, 0.6) is 5.75 Å². The lowest BCUT2D eigenvalue weighted by Crippen LogP contribution is -2.50. The monoisotopic (exact) mass is 432 g/mol. The fourth-order valence-electron chi connectivity index (χ4n) is 3.49. The van der Waals surface area contributed by atoms with Gasteiger partial charge in [0.25, 0.3) is 0 Å². The summed E-state index contributed by atoms with van der Waals surface area (Å²) in [5, 5.41) is 10.3. The van der Waals surface area contributed by atoms with Crippen molar-refractivity contribution in [1.82, 2.24) is 9.21 Å². The highest BCUT2D eigenvalue weighted by Crippen LogP contribution is 2.25. The zero-order valence-corrected chi connectivity index (χ0v) is 18.8. The number of hydrogen-bond acceptors (Lipinski definition) is 5. The number of para-hydroxylation sites is 1. The Morgan fingerprint density at radius 2 is 1.57 bits per heavy atom. The van der Waals surface area contributed by atoms with Crippen LogP contribution in [0.15, 0.2) is 59.5 Å². The highest BCUT2D eigenvalue weighted by atomic mass is 32.2. The van der Waals surface area contributed by atoms with Gasteiger partial charge in [0, 0.05) is 32.7 Å². The minimum atomic E-state index is -3.50. The van der Waals surface area contributed by atoms with Crippen molar-refractivity contribution < 1.29 is 18.3 Å². The maximum atomic E-state index is 13.0. The van der Waals surface area contributed by atoms with Gasteiger partial charge < -0.3 is 9.84 Å². The molecule has 164 valence electrons. The molecule has 1 fully saturated rings. The Bertz CT molecular complexity index is 900. The zero-order valence-electron chi connectivity index (χ0n) is 18.0. The van der Waals surface area contributed by atoms with E-state index in [-0.39, 0.29) is 12.0 Å². The van der Waals surface area contributed by atoms with Crippen molar-refractivity contribution in [3.8, 4) is 5.75 Å². The molecule has 2 aromatic carbocycles. The molecule has 0 unspecified atom stereocenters. The molecule has 1 aliphatic heterocycles. The minimum absolute atomic E-state index is 0.0149. The fraction of sp³-hybridized carbons (Fsp3) is 0.478. The second-order valence-corrected chi connectivity index (χ2v) is 10.7. The average Bonchev–Trinajstić information content (AvgIpc) is 2.73. The zero-order chi connectivity index (χ0) is 21.8. The maximum Gasteiger partial charge on any atom is 0.243 e. The lowest BCUT2D eigenvalue weighted by Gasteiger charge is -2.35. The lowest BCUT2D eigenvalue weighted by atomic mass is 9.87. The molecular formula is C23H32N2O4S. The van der Waals surface area contributed by atoms with Gasteiger partial charge in [-0.2, -0.15) is 4.31 Å². The van der Waals surface area contributed by atoms with Crippen molar-refractivity contribution in [3.63, 3.8) is 0 Å². The molecule has 0 aromatic heterocycles. The van der Waals surface area contributed by atoms with Crippen LogP contribution in [0, 0.1) is 0 Å². The van der Waals surface area contributed by atoms with Gasteiger partial charge in [-0.1, -0.05) is 51.1 Å². The van der Waals surface area contributed by atoms with E-state index in [1.807, 2.05) is 42.5 Å². The van der Waals surface area contributed by atoms with Crippen molar-refractivity contribution in [2.45, 2.75) is 37.2 Å². The van der Waals surface area contributed by atoms with Crippen LogP contribution in [0.1, 0.15) is 26.3 Å². The predicted octanol–water partition coefficient (Wildman–Crippen LogP) is 2.73. The third kappa shape index (κ3) is 5.82. The number of aliphatic hydroxyl groups excluding tert-OH is 1. The van der Waals surface area contributed by atoms with Crippen molar-refractivity contribution in [2.24, 2.45) is 0 Å². The second-order valence-electron chi connectivity index (χ2n) is 8.76. The molecule has 0 saturated carbocycles. The van der Waals surface area contributed by atoms with Crippen LogP contribution < -0.4 is 4.74 Å². The third-order valence-electron chi connectivity index (χ3n) is 5.34. The molecule has 2 aromatic rings. The molecule has 1 heterocycles. The van der Waals surface area contributed by atoms with E-state index >= 15 is 0 Å². The molecule has 7 heteroatoms. The van der Waals surface area contributed by atoms with Crippen LogP contribution in [0.25, 0.3) is 0 Å². The van der Waals surface area contributed by atoms with Crippen molar-refractivity contribution in [1.29, 1.82) is 0 Å². The summed E-state index contributed by atoms with van der Waals surface area (Å²) in [5.74, 6) is 0.727. The van der Waals surface area contributed by atoms with Gasteiger partial charge in [-0.3, -0.25) is 4.90 Å². The Balaban J connectivity index is 1.50. The Labute approximate surface area is 180 Å². The Hall–Kier alpha value is -1.93. The van der Waals surface area contributed by atoms with Crippen molar-refractivity contribution in [2.75, 3.05) is 39.3 Å². The Morgan fingerprint density at radius 1 is 0.967 bits per heavy atom. The Kier molecular flexibility index (Phi) is 7.18. The van der Waals surface area contributed by atoms with Gasteiger partial charge in [0.2, 0.25) is 10.0 Å². The van der Waals surface area contributed by atoms with Crippen molar-refractivity contribution in [3.05, 3.63) is 60.2 Å². The molecule has 3 rings (SSSR count). The molecule has 0 aliphatic carbocycles. The first kappa shape index (κ1) is 22.7. The largest absolute Gasteiger partial charge is 0.491 e. The number of nitrogens with zero attached hydrogens (tertiary/aromatic N) is 2. The van der Waals surface area contributed by atoms with E-state index in [0.29, 0.717) is 37.6 Å². The number of benzene rings is 2. The first-order valence-electron chi connectivity index (χ1n) is 10.4. The van der Waals surface area contributed by atoms with E-state index in [2.05, 4.69) is 25.7 Å². The van der Waals surface area contributed by atoms with Gasteiger partial charge in [0.1, 0.15) is 18.5 Å². The number of piperazine rings is 1. The van der Waals surface area contributed by atoms with Gasteiger partial charge in [-0.15, -0.1) is 0 Å². The molecule has 1 saturated heterocycles. The second kappa shape index (κ2) is 9.47. The minimum Gasteiger partial charge on any atom is -0.491 e. The van der Waals surface area contributed by atoms with E-state index in [0.717, 1.165) is 11.3 Å². The standard InChI is InChI=1S/C23H32N2O4S/c1-23(2,3)19-9-11-22(12-10-19)30(27,28)25-15-13-24(14-16-25)17-20(26)18-29-21-7-5-4-6-8-21/h4-12,20,26H,13-18H2,1-3H3/t20-/m0/s1. The normalized spacial score (nSPS) is 17.6. The van der Waals surface area contributed by atoms with Crippen LogP contribution in [0.3, 0.4) is 0 Å². The molecule has 1 atom stereocenters. The summed E-state index contributed by atoms with van der Waals surface area (Å²) in [6.07, 6.45) is -0.627. The van der Waals surface area contributed by atoms with Gasteiger partial charge in [0.15, 0.2) is 0 Å². The van der Waals surface area contributed by atoms with Gasteiger partial charge in [-0.05, 0) is 35.2 Å². The van der Waals surface area contributed by atoms with Gasteiger partial charge in [0.05, 0.1) is 4.90 Å². The first-order valence-corrected chi connectivity index (χ1v) is 11.8. The summed E-state index contributed by atoms with van der Waals surface area (Å²) in [6.45, 7) is 8.98. The SMILES string of the molecule is CC(C)(C)c1ccc(S(=O)(=O)N2CCN(C[C@H](O)COc3ccccc3)CC2)cc1. The third-order valence-corrected chi connectivity index (χ3v) is 7.26. The van der Waals surface area contributed by atoms with Gasteiger partial charge >= 0.3 is 0 Å². The molecule has 1 N–H and O–H groups in total. The molecule has 0 spiro atoms. The number of rotatable bonds is 7. The molecule has 1 aliphatic rings. The number of ether oxygens (including phenoxy) is 1. The average molecular weight is 433 g/mol. The number of hydrogen-bond donors (Lipinski definition) is 1. The van der Waals surface area contributed by atoms with Crippen molar-refractivity contribution >= 4 is 10.0 Å². The van der Waals surface area contributed by atoms with E-state index in [1.54, 1.807) is 12.1 Å². The highest BCUT2D eigenvalue weighted by molar-refractivity contribution is 7.89. The first-order chi connectivity index (χ1) is 14.2. The van der Waals surface area contributed by atoms with E-state index in [1.165, 1.54) is 4.31 Å². The smallest absolute Gasteiger partial charge is 0.243 e. The van der Waals surface area contributed by atoms with E-state index in [4.69, 9.17) is 4.74 Å². The Morgan fingerprint density at radius 3 is 2.13 bits per heavy atom. The number of β-amino-alcohol motifs (C(OH)–C–C–N with tert-alkyl or cyclic N) is 1. The highest BCUT2D eigenvalue weighted by Gasteiger charge is 2.29. The summed E-state index contributed by atoms with van der Waals surface area (Å²) in [6, 6.07) is 16.6. The molecule has 0 radical (unpaired) electrons. The van der Waals surface area contributed by atoms with E-state index in [9.17, 15) is 13.5 Å². The fourth-order valence-corrected chi connectivity index (χ4v) is 4.91. The maximum absolute atomic E-state index is 13.0. The molecule has 0 bridgehead atoms. The summed E-state index contributed by atoms with van der Waals surface area (Å²) in [4.78, 5) is 2.41. The quantitative estimate of drug-likeness (QED) is 0.729. The van der Waals surface area contributed by atoms with Crippen LogP contribution in [0.2, 0.25) is 0 Å². The predicted molar refractivity (Wildman–Crippen MR) is 118 cm³/mol. The molecule has 30 heavy (non-hydrogen) atoms. The number of sulfonamides is 1. The summed E-state index contributed by atoms with van der Waals surface area (Å²) < 4.78 is 33.1. The summed E-state index contributed by atoms with van der Waals surface area (Å²) >= 11 is 0. The van der Waals surface area contributed by atoms with Crippen LogP contribution in [-0.2, 0) is 15.4 Å². The summed E-state index contributed by atoms with van der Waals surface area (Å²) in [7, 11) is -3.50. The summed E-state index contributed by atoms with van der Waals surface area (Å²) in [5.41, 5.74) is 1.09. The molecule has 0 amide bonds. The molecular weight excluding hydrogens is 400 g/mol. The van der Waals surface area contributed by atoms with Crippen LogP contribution in [-0.4, -0.2) is 68.2 Å². The van der Waals surface area contributed by atoms with Gasteiger partial charge in [-0.25, -0.2) is 8.42 Å². The van der Waals surface area contributed by atoms with E-state index < -0.39 is 16.1 Å². The topological polar surface area (TPSA) is 70.1 Å². The van der Waals surface area contributed by atoms with Crippen LogP contribution in [0.4, 0.5) is 0 Å².